The van der Waals surface area contributed by atoms with E-state index < -0.39 is 6.10 Å². The van der Waals surface area contributed by atoms with Crippen molar-refractivity contribution in [1.29, 1.82) is 0 Å². The summed E-state index contributed by atoms with van der Waals surface area (Å²) in [7, 11) is 1.69. The SMILES string of the molecule is CN(C(=O)C1=NN(c2ccccc2)C(=O)C1)[C@@H]1CC[C@@H](N2CCOCC2)[C@@H]1O. The maximum Gasteiger partial charge on any atom is 0.270 e. The van der Waals surface area contributed by atoms with E-state index in [1.165, 1.54) is 5.01 Å². The number of hydrogen-bond donors (Lipinski definition) is 1. The van der Waals surface area contributed by atoms with Gasteiger partial charge in [-0.3, -0.25) is 14.5 Å². The van der Waals surface area contributed by atoms with Crippen LogP contribution in [0.15, 0.2) is 35.4 Å². The Morgan fingerprint density at radius 3 is 2.64 bits per heavy atom. The van der Waals surface area contributed by atoms with Crippen molar-refractivity contribution in [2.75, 3.05) is 38.4 Å². The van der Waals surface area contributed by atoms with Crippen LogP contribution >= 0.6 is 0 Å². The predicted molar refractivity (Wildman–Crippen MR) is 104 cm³/mol. The quantitative estimate of drug-likeness (QED) is 0.813. The molecule has 1 aromatic rings. The number of amides is 2. The molecule has 1 saturated carbocycles. The summed E-state index contributed by atoms with van der Waals surface area (Å²) in [5.41, 5.74) is 0.865. The topological polar surface area (TPSA) is 85.7 Å². The molecule has 0 bridgehead atoms. The fourth-order valence-corrected chi connectivity index (χ4v) is 4.34. The lowest BCUT2D eigenvalue weighted by molar-refractivity contribution is -0.127. The Balaban J connectivity index is 1.44. The fourth-order valence-electron chi connectivity index (χ4n) is 4.34. The monoisotopic (exact) mass is 386 g/mol. The summed E-state index contributed by atoms with van der Waals surface area (Å²) < 4.78 is 5.39. The van der Waals surface area contributed by atoms with Crippen molar-refractivity contribution in [2.45, 2.75) is 37.5 Å². The van der Waals surface area contributed by atoms with Crippen LogP contribution in [0.25, 0.3) is 0 Å². The Morgan fingerprint density at radius 1 is 1.21 bits per heavy atom. The molecule has 0 unspecified atom stereocenters. The molecule has 8 heteroatoms. The van der Waals surface area contributed by atoms with Gasteiger partial charge in [0.2, 0.25) is 0 Å². The minimum Gasteiger partial charge on any atom is -0.389 e. The second-order valence-electron chi connectivity index (χ2n) is 7.53. The molecule has 150 valence electrons. The van der Waals surface area contributed by atoms with Gasteiger partial charge in [0.05, 0.1) is 37.5 Å². The number of likely N-dealkylation sites (N-methyl/N-ethyl adjacent to an activating group) is 1. The lowest BCUT2D eigenvalue weighted by atomic mass is 10.1. The summed E-state index contributed by atoms with van der Waals surface area (Å²) in [6.07, 6.45) is 0.934. The average molecular weight is 386 g/mol. The molecule has 3 aliphatic rings. The predicted octanol–water partition coefficient (Wildman–Crippen LogP) is 0.462. The summed E-state index contributed by atoms with van der Waals surface area (Å²) in [5, 5.41) is 16.4. The highest BCUT2D eigenvalue weighted by Gasteiger charge is 2.43. The van der Waals surface area contributed by atoms with Gasteiger partial charge in [0, 0.05) is 26.2 Å². The van der Waals surface area contributed by atoms with Crippen LogP contribution in [0.4, 0.5) is 5.69 Å². The van der Waals surface area contributed by atoms with Crippen molar-refractivity contribution in [3.05, 3.63) is 30.3 Å². The molecule has 4 rings (SSSR count). The Kier molecular flexibility index (Phi) is 5.43. The fraction of sp³-hybridized carbons (Fsp3) is 0.550. The van der Waals surface area contributed by atoms with Gasteiger partial charge < -0.3 is 14.7 Å². The van der Waals surface area contributed by atoms with Gasteiger partial charge in [-0.25, -0.2) is 0 Å². The Bertz CT molecular complexity index is 763. The summed E-state index contributed by atoms with van der Waals surface area (Å²) in [6, 6.07) is 8.84. The molecule has 3 atom stereocenters. The summed E-state index contributed by atoms with van der Waals surface area (Å²) in [4.78, 5) is 29.1. The van der Waals surface area contributed by atoms with Crippen LogP contribution in [0.3, 0.4) is 0 Å². The van der Waals surface area contributed by atoms with Crippen molar-refractivity contribution in [3.63, 3.8) is 0 Å². The van der Waals surface area contributed by atoms with Crippen LogP contribution in [0, 0.1) is 0 Å². The zero-order valence-corrected chi connectivity index (χ0v) is 16.0. The molecular weight excluding hydrogens is 360 g/mol. The highest BCUT2D eigenvalue weighted by molar-refractivity contribution is 6.44. The van der Waals surface area contributed by atoms with Gasteiger partial charge in [0.15, 0.2) is 0 Å². The first-order valence-corrected chi connectivity index (χ1v) is 9.79. The van der Waals surface area contributed by atoms with E-state index in [0.717, 1.165) is 25.9 Å². The van der Waals surface area contributed by atoms with Crippen molar-refractivity contribution in [1.82, 2.24) is 9.80 Å². The van der Waals surface area contributed by atoms with Crippen LogP contribution < -0.4 is 5.01 Å². The van der Waals surface area contributed by atoms with Crippen LogP contribution in [-0.2, 0) is 14.3 Å². The standard InChI is InChI=1S/C20H26N4O4/c1-22(16-7-8-17(19(16)26)23-9-11-28-12-10-23)20(27)15-13-18(25)24(21-15)14-5-3-2-4-6-14/h2-6,16-17,19,26H,7-13H2,1H3/t16-,17-,19-/m1/s1. The molecule has 0 radical (unpaired) electrons. The zero-order valence-electron chi connectivity index (χ0n) is 16.0. The van der Waals surface area contributed by atoms with Crippen LogP contribution in [0.5, 0.6) is 0 Å². The third-order valence-corrected chi connectivity index (χ3v) is 5.90. The molecule has 1 aliphatic carbocycles. The zero-order chi connectivity index (χ0) is 19.7. The molecule has 0 aromatic heterocycles. The minimum absolute atomic E-state index is 0.0201. The molecule has 0 spiro atoms. The van der Waals surface area contributed by atoms with E-state index in [-0.39, 0.29) is 36.0 Å². The Morgan fingerprint density at radius 2 is 1.93 bits per heavy atom. The third-order valence-electron chi connectivity index (χ3n) is 5.90. The number of morpholine rings is 1. The van der Waals surface area contributed by atoms with Crippen molar-refractivity contribution in [3.8, 4) is 0 Å². The number of hydrogen-bond acceptors (Lipinski definition) is 6. The van der Waals surface area contributed by atoms with E-state index in [1.54, 1.807) is 24.1 Å². The normalized spacial score (nSPS) is 28.5. The van der Waals surface area contributed by atoms with Gasteiger partial charge in [0.1, 0.15) is 5.71 Å². The maximum absolute atomic E-state index is 13.0. The molecule has 2 fully saturated rings. The van der Waals surface area contributed by atoms with Gasteiger partial charge in [-0.1, -0.05) is 18.2 Å². The van der Waals surface area contributed by atoms with Crippen LogP contribution in [-0.4, -0.2) is 84.0 Å². The first kappa shape index (κ1) is 19.0. The summed E-state index contributed by atoms with van der Waals surface area (Å²) in [5.74, 6) is -0.514. The van der Waals surface area contributed by atoms with E-state index >= 15 is 0 Å². The Labute approximate surface area is 164 Å². The first-order valence-electron chi connectivity index (χ1n) is 9.79. The number of carbonyl (C=O) groups excluding carboxylic acids is 2. The first-order chi connectivity index (χ1) is 13.6. The second-order valence-corrected chi connectivity index (χ2v) is 7.53. The number of benzene rings is 1. The maximum atomic E-state index is 13.0. The number of nitrogens with zero attached hydrogens (tertiary/aromatic N) is 4. The lowest BCUT2D eigenvalue weighted by Gasteiger charge is -2.36. The minimum atomic E-state index is -0.616. The van der Waals surface area contributed by atoms with Crippen molar-refractivity contribution >= 4 is 23.2 Å². The second kappa shape index (κ2) is 7.98. The van der Waals surface area contributed by atoms with Gasteiger partial charge >= 0.3 is 0 Å². The van der Waals surface area contributed by atoms with Gasteiger partial charge in [-0.05, 0) is 25.0 Å². The number of carbonyl (C=O) groups is 2. The average Bonchev–Trinajstić information content (AvgIpc) is 3.31. The number of aliphatic hydroxyl groups is 1. The van der Waals surface area contributed by atoms with Crippen LogP contribution in [0.1, 0.15) is 19.3 Å². The number of rotatable bonds is 4. The molecule has 2 amide bonds. The number of hydrazone groups is 1. The molecule has 1 saturated heterocycles. The molecule has 1 aromatic carbocycles. The molecular formula is C20H26N4O4. The summed E-state index contributed by atoms with van der Waals surface area (Å²) in [6.45, 7) is 2.96. The van der Waals surface area contributed by atoms with E-state index in [2.05, 4.69) is 10.0 Å². The summed E-state index contributed by atoms with van der Waals surface area (Å²) >= 11 is 0. The molecule has 8 nitrogen and oxygen atoms in total. The van der Waals surface area contributed by atoms with Crippen molar-refractivity contribution < 1.29 is 19.4 Å². The third kappa shape index (κ3) is 3.55. The molecule has 28 heavy (non-hydrogen) atoms. The molecule has 2 heterocycles. The van der Waals surface area contributed by atoms with E-state index in [9.17, 15) is 14.7 Å². The number of para-hydroxylation sites is 1. The smallest absolute Gasteiger partial charge is 0.270 e. The number of anilines is 1. The van der Waals surface area contributed by atoms with E-state index in [1.807, 2.05) is 18.2 Å². The Hall–Kier alpha value is -2.29. The highest BCUT2D eigenvalue weighted by Crippen LogP contribution is 2.29. The van der Waals surface area contributed by atoms with Crippen molar-refractivity contribution in [2.24, 2.45) is 5.10 Å². The number of ether oxygens (including phenoxy) is 1. The largest absolute Gasteiger partial charge is 0.389 e. The van der Waals surface area contributed by atoms with Gasteiger partial charge in [-0.2, -0.15) is 10.1 Å². The van der Waals surface area contributed by atoms with E-state index in [0.29, 0.717) is 18.9 Å². The lowest BCUT2D eigenvalue weighted by Crippen LogP contribution is -2.52. The molecule has 1 N–H and O–H groups in total. The van der Waals surface area contributed by atoms with Gasteiger partial charge in [0.25, 0.3) is 11.8 Å². The van der Waals surface area contributed by atoms with Gasteiger partial charge in [-0.15, -0.1) is 0 Å². The number of aliphatic hydroxyl groups excluding tert-OH is 1. The van der Waals surface area contributed by atoms with E-state index in [4.69, 9.17) is 4.74 Å². The van der Waals surface area contributed by atoms with Crippen LogP contribution in [0.2, 0.25) is 0 Å². The molecule has 2 aliphatic heterocycles. The highest BCUT2D eigenvalue weighted by atomic mass is 16.5.